The molecule has 33 heavy (non-hydrogen) atoms. The summed E-state index contributed by atoms with van der Waals surface area (Å²) in [6, 6.07) is 13.2. The van der Waals surface area contributed by atoms with Gasteiger partial charge in [0.2, 0.25) is 5.91 Å². The van der Waals surface area contributed by atoms with Crippen LogP contribution in [0, 0.1) is 11.7 Å². The molecule has 1 aliphatic rings. The standard InChI is InChI=1S/C23H26FN7O2/c1-30-22(27-28-29-30)18-5-2-6-20(13-18)26-23(33)25-14-21(32)31-11-3-4-17(15-31)12-16-7-9-19(24)10-8-16/h2,5-10,13,17H,3-4,11-12,14-15H2,1H3,(H2,25,26,33)/t17-/m0/s1. The minimum absolute atomic E-state index is 0.0814. The average Bonchev–Trinajstić information content (AvgIpc) is 3.25. The van der Waals surface area contributed by atoms with Crippen molar-refractivity contribution < 1.29 is 14.0 Å². The van der Waals surface area contributed by atoms with Crippen molar-refractivity contribution in [1.29, 1.82) is 0 Å². The first kappa shape index (κ1) is 22.4. The molecule has 0 aliphatic carbocycles. The molecule has 1 saturated heterocycles. The zero-order valence-corrected chi connectivity index (χ0v) is 18.4. The molecular weight excluding hydrogens is 425 g/mol. The van der Waals surface area contributed by atoms with E-state index in [1.807, 2.05) is 6.07 Å². The number of anilines is 1. The SMILES string of the molecule is Cn1nnnc1-c1cccc(NC(=O)NCC(=O)N2CCC[C@@H](Cc3ccc(F)cc3)C2)c1. The van der Waals surface area contributed by atoms with E-state index >= 15 is 0 Å². The third-order valence-corrected chi connectivity index (χ3v) is 5.71. The third kappa shape index (κ3) is 5.91. The van der Waals surface area contributed by atoms with Crippen LogP contribution in [0.3, 0.4) is 0 Å². The van der Waals surface area contributed by atoms with Gasteiger partial charge in [0.1, 0.15) is 5.82 Å². The Hall–Kier alpha value is -3.82. The van der Waals surface area contributed by atoms with Gasteiger partial charge >= 0.3 is 6.03 Å². The first-order valence-corrected chi connectivity index (χ1v) is 10.9. The number of nitrogens with zero attached hydrogens (tertiary/aromatic N) is 5. The Balaban J connectivity index is 1.26. The molecule has 0 saturated carbocycles. The van der Waals surface area contributed by atoms with Gasteiger partial charge in [0.25, 0.3) is 0 Å². The summed E-state index contributed by atoms with van der Waals surface area (Å²) in [6.07, 6.45) is 2.73. The molecule has 1 atom stereocenters. The number of tetrazole rings is 1. The summed E-state index contributed by atoms with van der Waals surface area (Å²) in [5.74, 6) is 0.531. The molecule has 172 valence electrons. The number of aromatic nitrogens is 4. The quantitative estimate of drug-likeness (QED) is 0.600. The van der Waals surface area contributed by atoms with Crippen LogP contribution in [0.4, 0.5) is 14.9 Å². The lowest BCUT2D eigenvalue weighted by Crippen LogP contribution is -2.46. The van der Waals surface area contributed by atoms with E-state index in [-0.39, 0.29) is 18.3 Å². The largest absolute Gasteiger partial charge is 0.341 e. The molecule has 0 bridgehead atoms. The van der Waals surface area contributed by atoms with E-state index in [1.54, 1.807) is 47.0 Å². The van der Waals surface area contributed by atoms with Crippen molar-refractivity contribution in [2.75, 3.05) is 25.0 Å². The van der Waals surface area contributed by atoms with Crippen LogP contribution in [0.15, 0.2) is 48.5 Å². The molecule has 3 amide bonds. The van der Waals surface area contributed by atoms with Gasteiger partial charge in [-0.15, -0.1) is 5.10 Å². The molecule has 3 aromatic rings. The Kier molecular flexibility index (Phi) is 6.92. The van der Waals surface area contributed by atoms with E-state index in [9.17, 15) is 14.0 Å². The Morgan fingerprint density at radius 2 is 2.00 bits per heavy atom. The number of aryl methyl sites for hydroxylation is 1. The van der Waals surface area contributed by atoms with Crippen LogP contribution >= 0.6 is 0 Å². The van der Waals surface area contributed by atoms with E-state index in [4.69, 9.17) is 0 Å². The van der Waals surface area contributed by atoms with Crippen molar-refractivity contribution in [3.8, 4) is 11.4 Å². The molecule has 0 unspecified atom stereocenters. The number of carbonyl (C=O) groups excluding carboxylic acids is 2. The zero-order chi connectivity index (χ0) is 23.2. The maximum absolute atomic E-state index is 13.1. The van der Waals surface area contributed by atoms with Gasteiger partial charge in [-0.1, -0.05) is 24.3 Å². The fourth-order valence-electron chi connectivity index (χ4n) is 4.07. The van der Waals surface area contributed by atoms with E-state index in [0.29, 0.717) is 30.5 Å². The van der Waals surface area contributed by atoms with Crippen molar-refractivity contribution in [2.45, 2.75) is 19.3 Å². The molecule has 9 nitrogen and oxygen atoms in total. The fourth-order valence-corrected chi connectivity index (χ4v) is 4.07. The zero-order valence-electron chi connectivity index (χ0n) is 18.4. The van der Waals surface area contributed by atoms with Crippen LogP contribution in [-0.2, 0) is 18.3 Å². The highest BCUT2D eigenvalue weighted by atomic mass is 19.1. The molecule has 2 heterocycles. The van der Waals surface area contributed by atoms with E-state index in [0.717, 1.165) is 30.4 Å². The van der Waals surface area contributed by atoms with Crippen LogP contribution in [0.1, 0.15) is 18.4 Å². The summed E-state index contributed by atoms with van der Waals surface area (Å²) in [7, 11) is 1.73. The molecule has 0 spiro atoms. The summed E-state index contributed by atoms with van der Waals surface area (Å²) in [5.41, 5.74) is 2.39. The number of piperidine rings is 1. The lowest BCUT2D eigenvalue weighted by Gasteiger charge is -2.33. The predicted octanol–water partition coefficient (Wildman–Crippen LogP) is 2.62. The highest BCUT2D eigenvalue weighted by Crippen LogP contribution is 2.21. The van der Waals surface area contributed by atoms with Crippen LogP contribution in [0.25, 0.3) is 11.4 Å². The summed E-state index contributed by atoms with van der Waals surface area (Å²) in [6.45, 7) is 1.23. The Morgan fingerprint density at radius 1 is 1.18 bits per heavy atom. The van der Waals surface area contributed by atoms with Crippen molar-refractivity contribution in [2.24, 2.45) is 13.0 Å². The smallest absolute Gasteiger partial charge is 0.319 e. The van der Waals surface area contributed by atoms with E-state index in [1.165, 1.54) is 12.1 Å². The van der Waals surface area contributed by atoms with Crippen molar-refractivity contribution in [1.82, 2.24) is 30.4 Å². The number of rotatable bonds is 6. The summed E-state index contributed by atoms with van der Waals surface area (Å²) in [4.78, 5) is 26.8. The number of likely N-dealkylation sites (tertiary alicyclic amines) is 1. The minimum Gasteiger partial charge on any atom is -0.341 e. The second-order valence-electron chi connectivity index (χ2n) is 8.19. The van der Waals surface area contributed by atoms with E-state index < -0.39 is 6.03 Å². The van der Waals surface area contributed by atoms with Gasteiger partial charge in [-0.2, -0.15) is 0 Å². The normalized spacial score (nSPS) is 15.8. The average molecular weight is 452 g/mol. The van der Waals surface area contributed by atoms with Crippen LogP contribution in [0.5, 0.6) is 0 Å². The predicted molar refractivity (Wildman–Crippen MR) is 121 cm³/mol. The molecule has 0 radical (unpaired) electrons. The van der Waals surface area contributed by atoms with Crippen LogP contribution in [-0.4, -0.2) is 56.7 Å². The first-order chi connectivity index (χ1) is 16.0. The topological polar surface area (TPSA) is 105 Å². The second kappa shape index (κ2) is 10.2. The van der Waals surface area contributed by atoms with Gasteiger partial charge in [-0.05, 0) is 65.4 Å². The number of urea groups is 1. The number of carbonyl (C=O) groups is 2. The molecular formula is C23H26FN7O2. The van der Waals surface area contributed by atoms with E-state index in [2.05, 4.69) is 26.2 Å². The van der Waals surface area contributed by atoms with Gasteiger partial charge in [0.15, 0.2) is 5.82 Å². The monoisotopic (exact) mass is 451 g/mol. The third-order valence-electron chi connectivity index (χ3n) is 5.71. The molecule has 1 fully saturated rings. The Labute approximate surface area is 191 Å². The highest BCUT2D eigenvalue weighted by molar-refractivity contribution is 5.92. The van der Waals surface area contributed by atoms with Crippen molar-refractivity contribution >= 4 is 17.6 Å². The minimum atomic E-state index is -0.462. The van der Waals surface area contributed by atoms with Gasteiger partial charge < -0.3 is 15.5 Å². The molecule has 1 aromatic heterocycles. The number of benzene rings is 2. The summed E-state index contributed by atoms with van der Waals surface area (Å²) >= 11 is 0. The number of nitrogens with one attached hydrogen (secondary N) is 2. The Morgan fingerprint density at radius 3 is 2.76 bits per heavy atom. The molecule has 10 heteroatoms. The summed E-state index contributed by atoms with van der Waals surface area (Å²) in [5, 5.41) is 16.8. The lowest BCUT2D eigenvalue weighted by molar-refractivity contribution is -0.131. The lowest BCUT2D eigenvalue weighted by atomic mass is 9.91. The maximum atomic E-state index is 13.1. The van der Waals surface area contributed by atoms with Gasteiger partial charge in [0.05, 0.1) is 6.54 Å². The summed E-state index contributed by atoms with van der Waals surface area (Å²) < 4.78 is 14.7. The number of hydrogen-bond acceptors (Lipinski definition) is 5. The maximum Gasteiger partial charge on any atom is 0.319 e. The van der Waals surface area contributed by atoms with Gasteiger partial charge in [0, 0.05) is 31.4 Å². The van der Waals surface area contributed by atoms with Crippen LogP contribution in [0.2, 0.25) is 0 Å². The second-order valence-corrected chi connectivity index (χ2v) is 8.19. The first-order valence-electron chi connectivity index (χ1n) is 10.9. The van der Waals surface area contributed by atoms with Crippen molar-refractivity contribution in [3.05, 3.63) is 59.9 Å². The van der Waals surface area contributed by atoms with Gasteiger partial charge in [-0.25, -0.2) is 13.9 Å². The molecule has 2 aromatic carbocycles. The molecule has 1 aliphatic heterocycles. The van der Waals surface area contributed by atoms with Crippen LogP contribution < -0.4 is 10.6 Å². The molecule has 2 N–H and O–H groups in total. The highest BCUT2D eigenvalue weighted by Gasteiger charge is 2.24. The number of amides is 3. The van der Waals surface area contributed by atoms with Gasteiger partial charge in [-0.3, -0.25) is 4.79 Å². The number of halogens is 1. The molecule has 4 rings (SSSR count). The Bertz CT molecular complexity index is 1120. The van der Waals surface area contributed by atoms with Crippen molar-refractivity contribution in [3.63, 3.8) is 0 Å². The number of hydrogen-bond donors (Lipinski definition) is 2. The fraction of sp³-hybridized carbons (Fsp3) is 0.348.